The first-order valence-electron chi connectivity index (χ1n) is 3.75. The third-order valence-electron chi connectivity index (χ3n) is 1.50. The van der Waals surface area contributed by atoms with E-state index < -0.39 is 0 Å². The SMILES string of the molecule is Cc1cn(CCCNN)cn1. The normalized spacial score (nSPS) is 10.4. The minimum Gasteiger partial charge on any atom is -0.337 e. The molecule has 0 aliphatic rings. The third kappa shape index (κ3) is 2.69. The van der Waals surface area contributed by atoms with E-state index in [4.69, 9.17) is 5.84 Å². The lowest BCUT2D eigenvalue weighted by molar-refractivity contribution is 0.594. The van der Waals surface area contributed by atoms with Gasteiger partial charge in [0.1, 0.15) is 0 Å². The molecular formula is C7H14N4. The van der Waals surface area contributed by atoms with Gasteiger partial charge in [-0.05, 0) is 13.3 Å². The molecule has 1 rings (SSSR count). The van der Waals surface area contributed by atoms with Gasteiger partial charge < -0.3 is 4.57 Å². The van der Waals surface area contributed by atoms with Crippen molar-refractivity contribution in [1.82, 2.24) is 15.0 Å². The van der Waals surface area contributed by atoms with Crippen LogP contribution in [0.1, 0.15) is 12.1 Å². The molecule has 0 amide bonds. The van der Waals surface area contributed by atoms with E-state index in [2.05, 4.69) is 15.0 Å². The number of nitrogens with one attached hydrogen (secondary N) is 1. The van der Waals surface area contributed by atoms with Crippen LogP contribution in [-0.2, 0) is 6.54 Å². The first kappa shape index (κ1) is 8.23. The largest absolute Gasteiger partial charge is 0.337 e. The number of imidazole rings is 1. The second-order valence-electron chi connectivity index (χ2n) is 2.56. The van der Waals surface area contributed by atoms with Crippen LogP contribution in [-0.4, -0.2) is 16.1 Å². The predicted octanol–water partition coefficient (Wildman–Crippen LogP) is 0.0449. The molecule has 4 nitrogen and oxygen atoms in total. The van der Waals surface area contributed by atoms with Crippen LogP contribution in [0.2, 0.25) is 0 Å². The summed E-state index contributed by atoms with van der Waals surface area (Å²) in [5, 5.41) is 0. The minimum atomic E-state index is 0.844. The Morgan fingerprint density at radius 2 is 2.55 bits per heavy atom. The molecule has 0 radical (unpaired) electrons. The lowest BCUT2D eigenvalue weighted by atomic mass is 10.4. The Hall–Kier alpha value is -0.870. The smallest absolute Gasteiger partial charge is 0.0949 e. The first-order valence-corrected chi connectivity index (χ1v) is 3.75. The highest BCUT2D eigenvalue weighted by Crippen LogP contribution is 1.94. The fraction of sp³-hybridized carbons (Fsp3) is 0.571. The van der Waals surface area contributed by atoms with E-state index in [0.29, 0.717) is 0 Å². The molecule has 1 aromatic heterocycles. The van der Waals surface area contributed by atoms with E-state index in [1.54, 1.807) is 0 Å². The zero-order valence-corrected chi connectivity index (χ0v) is 6.75. The lowest BCUT2D eigenvalue weighted by Crippen LogP contribution is -2.23. The summed E-state index contributed by atoms with van der Waals surface area (Å²) in [5.41, 5.74) is 3.67. The zero-order valence-electron chi connectivity index (χ0n) is 6.75. The van der Waals surface area contributed by atoms with Crippen LogP contribution in [0.3, 0.4) is 0 Å². The highest BCUT2D eigenvalue weighted by molar-refractivity contribution is 4.91. The van der Waals surface area contributed by atoms with Gasteiger partial charge in [0.2, 0.25) is 0 Å². The molecule has 0 spiro atoms. The zero-order chi connectivity index (χ0) is 8.10. The highest BCUT2D eigenvalue weighted by Gasteiger charge is 1.91. The quantitative estimate of drug-likeness (QED) is 0.366. The number of hydrogen-bond acceptors (Lipinski definition) is 3. The number of nitrogens with two attached hydrogens (primary N) is 1. The van der Waals surface area contributed by atoms with Crippen molar-refractivity contribution in [3.8, 4) is 0 Å². The van der Waals surface area contributed by atoms with Crippen molar-refractivity contribution in [2.24, 2.45) is 5.84 Å². The van der Waals surface area contributed by atoms with Gasteiger partial charge in [-0.3, -0.25) is 11.3 Å². The van der Waals surface area contributed by atoms with Crippen molar-refractivity contribution in [3.63, 3.8) is 0 Å². The van der Waals surface area contributed by atoms with E-state index in [-0.39, 0.29) is 0 Å². The molecule has 62 valence electrons. The van der Waals surface area contributed by atoms with Gasteiger partial charge in [0.05, 0.1) is 12.0 Å². The van der Waals surface area contributed by atoms with E-state index in [1.165, 1.54) is 0 Å². The molecule has 1 aromatic rings. The predicted molar refractivity (Wildman–Crippen MR) is 43.8 cm³/mol. The van der Waals surface area contributed by atoms with E-state index in [1.807, 2.05) is 19.4 Å². The summed E-state index contributed by atoms with van der Waals surface area (Å²) in [6, 6.07) is 0. The fourth-order valence-electron chi connectivity index (χ4n) is 0.958. The first-order chi connectivity index (χ1) is 5.33. The average Bonchev–Trinajstić information content (AvgIpc) is 2.37. The third-order valence-corrected chi connectivity index (χ3v) is 1.50. The molecule has 0 fully saturated rings. The average molecular weight is 154 g/mol. The van der Waals surface area contributed by atoms with Crippen LogP contribution in [0.5, 0.6) is 0 Å². The van der Waals surface area contributed by atoms with Gasteiger partial charge in [-0.2, -0.15) is 0 Å². The molecule has 0 aliphatic heterocycles. The van der Waals surface area contributed by atoms with Crippen LogP contribution in [0, 0.1) is 6.92 Å². The van der Waals surface area contributed by atoms with Crippen molar-refractivity contribution in [1.29, 1.82) is 0 Å². The molecule has 4 heteroatoms. The molecule has 0 saturated heterocycles. The summed E-state index contributed by atoms with van der Waals surface area (Å²) in [5.74, 6) is 5.12. The van der Waals surface area contributed by atoms with Gasteiger partial charge in [-0.25, -0.2) is 4.98 Å². The van der Waals surface area contributed by atoms with Gasteiger partial charge in [-0.15, -0.1) is 0 Å². The number of hydrogen-bond donors (Lipinski definition) is 2. The van der Waals surface area contributed by atoms with Gasteiger partial charge >= 0.3 is 0 Å². The number of aryl methyl sites for hydroxylation is 2. The molecule has 0 saturated carbocycles. The molecule has 0 aliphatic carbocycles. The molecule has 3 N–H and O–H groups in total. The summed E-state index contributed by atoms with van der Waals surface area (Å²) >= 11 is 0. The van der Waals surface area contributed by atoms with Crippen molar-refractivity contribution in [3.05, 3.63) is 18.2 Å². The Balaban J connectivity index is 2.27. The maximum Gasteiger partial charge on any atom is 0.0949 e. The van der Waals surface area contributed by atoms with E-state index in [9.17, 15) is 0 Å². The Morgan fingerprint density at radius 1 is 1.73 bits per heavy atom. The summed E-state index contributed by atoms with van der Waals surface area (Å²) in [7, 11) is 0. The molecule has 11 heavy (non-hydrogen) atoms. The molecule has 1 heterocycles. The monoisotopic (exact) mass is 154 g/mol. The summed E-state index contributed by atoms with van der Waals surface area (Å²) < 4.78 is 2.06. The minimum absolute atomic E-state index is 0.844. The Kier molecular flexibility index (Phi) is 3.07. The summed E-state index contributed by atoms with van der Waals surface area (Å²) in [6.45, 7) is 3.81. The Bertz CT molecular complexity index is 206. The van der Waals surface area contributed by atoms with Crippen LogP contribution in [0.4, 0.5) is 0 Å². The van der Waals surface area contributed by atoms with Crippen molar-refractivity contribution in [2.45, 2.75) is 19.9 Å². The van der Waals surface area contributed by atoms with E-state index >= 15 is 0 Å². The van der Waals surface area contributed by atoms with Gasteiger partial charge in [0.25, 0.3) is 0 Å². The van der Waals surface area contributed by atoms with Gasteiger partial charge in [0, 0.05) is 19.3 Å². The van der Waals surface area contributed by atoms with Crippen LogP contribution >= 0.6 is 0 Å². The highest BCUT2D eigenvalue weighted by atomic mass is 15.2. The molecule has 0 unspecified atom stereocenters. The van der Waals surface area contributed by atoms with Crippen LogP contribution < -0.4 is 11.3 Å². The van der Waals surface area contributed by atoms with Crippen molar-refractivity contribution in [2.75, 3.05) is 6.54 Å². The number of hydrazine groups is 1. The maximum absolute atomic E-state index is 5.12. The van der Waals surface area contributed by atoms with Gasteiger partial charge in [-0.1, -0.05) is 0 Å². The van der Waals surface area contributed by atoms with Crippen LogP contribution in [0.25, 0.3) is 0 Å². The van der Waals surface area contributed by atoms with Gasteiger partial charge in [0.15, 0.2) is 0 Å². The number of aromatic nitrogens is 2. The summed E-state index contributed by atoms with van der Waals surface area (Å²) in [6.07, 6.45) is 4.90. The second kappa shape index (κ2) is 4.10. The number of nitrogens with zero attached hydrogens (tertiary/aromatic N) is 2. The van der Waals surface area contributed by atoms with Crippen molar-refractivity contribution >= 4 is 0 Å². The standard InChI is InChI=1S/C7H14N4/c1-7-5-11(6-9-7)4-2-3-10-8/h5-6,10H,2-4,8H2,1H3. The molecular weight excluding hydrogens is 140 g/mol. The van der Waals surface area contributed by atoms with Crippen LogP contribution in [0.15, 0.2) is 12.5 Å². The fourth-order valence-corrected chi connectivity index (χ4v) is 0.958. The molecule has 0 atom stereocenters. The Morgan fingerprint density at radius 3 is 3.09 bits per heavy atom. The Labute approximate surface area is 66.4 Å². The second-order valence-corrected chi connectivity index (χ2v) is 2.56. The summed E-state index contributed by atoms with van der Waals surface area (Å²) in [4.78, 5) is 4.11. The number of rotatable bonds is 4. The molecule has 0 aromatic carbocycles. The lowest BCUT2D eigenvalue weighted by Gasteiger charge is -1.99. The topological polar surface area (TPSA) is 55.9 Å². The van der Waals surface area contributed by atoms with Crippen molar-refractivity contribution < 1.29 is 0 Å². The van der Waals surface area contributed by atoms with E-state index in [0.717, 1.165) is 25.2 Å². The molecule has 0 bridgehead atoms. The maximum atomic E-state index is 5.12.